The number of primary sulfonamides is 1. The van der Waals surface area contributed by atoms with Crippen LogP contribution < -0.4 is 15.8 Å². The molecule has 2 rings (SSSR count). The highest BCUT2D eigenvalue weighted by atomic mass is 35.6. The monoisotopic (exact) mass is 455 g/mol. The maximum Gasteiger partial charge on any atom is 0.253 e. The van der Waals surface area contributed by atoms with Gasteiger partial charge in [-0.1, -0.05) is 52.5 Å². The predicted molar refractivity (Wildman–Crippen MR) is 104 cm³/mol. The standard InChI is InChI=1S/C15H13Cl4N3O3S/c16-10-3-1-2-9(8-10)13(23)22-14(15(17,18)19)21-11-4-6-12(7-5-11)26(20,24)25/h1-8,14,21H,(H,22,23)(H2,20,24,25)/t14-/m1/s1. The summed E-state index contributed by atoms with van der Waals surface area (Å²) in [7, 11) is -3.82. The van der Waals surface area contributed by atoms with Crippen LogP contribution in [0.2, 0.25) is 5.02 Å². The van der Waals surface area contributed by atoms with E-state index in [1.165, 1.54) is 30.3 Å². The molecule has 0 unspecified atom stereocenters. The van der Waals surface area contributed by atoms with Crippen molar-refractivity contribution in [2.75, 3.05) is 5.32 Å². The molecule has 1 amide bonds. The van der Waals surface area contributed by atoms with Crippen molar-refractivity contribution in [3.8, 4) is 0 Å². The lowest BCUT2D eigenvalue weighted by atomic mass is 10.2. The topological polar surface area (TPSA) is 101 Å². The van der Waals surface area contributed by atoms with Crippen LogP contribution >= 0.6 is 46.4 Å². The second-order valence-corrected chi connectivity index (χ2v) is 9.54. The summed E-state index contributed by atoms with van der Waals surface area (Å²) in [6, 6.07) is 11.7. The molecule has 26 heavy (non-hydrogen) atoms. The van der Waals surface area contributed by atoms with Crippen molar-refractivity contribution in [1.82, 2.24) is 5.32 Å². The average Bonchev–Trinajstić information content (AvgIpc) is 2.53. The average molecular weight is 457 g/mol. The Morgan fingerprint density at radius 1 is 1.08 bits per heavy atom. The number of nitrogens with two attached hydrogens (primary N) is 1. The van der Waals surface area contributed by atoms with Crippen LogP contribution in [0.4, 0.5) is 5.69 Å². The zero-order valence-corrected chi connectivity index (χ0v) is 16.8. The molecule has 0 saturated heterocycles. The molecular weight excluding hydrogens is 444 g/mol. The number of benzene rings is 2. The Balaban J connectivity index is 2.19. The summed E-state index contributed by atoms with van der Waals surface area (Å²) in [5.74, 6) is -0.516. The van der Waals surface area contributed by atoms with Crippen molar-refractivity contribution in [3.05, 3.63) is 59.1 Å². The highest BCUT2D eigenvalue weighted by Crippen LogP contribution is 2.31. The van der Waals surface area contributed by atoms with Gasteiger partial charge in [-0.2, -0.15) is 0 Å². The first-order chi connectivity index (χ1) is 12.0. The fourth-order valence-corrected chi connectivity index (χ4v) is 2.98. The van der Waals surface area contributed by atoms with E-state index >= 15 is 0 Å². The van der Waals surface area contributed by atoms with Crippen LogP contribution in [0.1, 0.15) is 10.4 Å². The molecule has 0 heterocycles. The number of nitrogens with one attached hydrogen (secondary N) is 2. The molecule has 4 N–H and O–H groups in total. The number of carbonyl (C=O) groups is 1. The molecule has 0 aromatic heterocycles. The molecule has 6 nitrogen and oxygen atoms in total. The van der Waals surface area contributed by atoms with Gasteiger partial charge in [0.05, 0.1) is 4.90 Å². The normalized spacial score (nSPS) is 13.1. The first-order valence-electron chi connectivity index (χ1n) is 6.99. The van der Waals surface area contributed by atoms with E-state index in [4.69, 9.17) is 51.5 Å². The summed E-state index contributed by atoms with van der Waals surface area (Å²) < 4.78 is 20.7. The molecule has 11 heteroatoms. The number of halogens is 4. The van der Waals surface area contributed by atoms with E-state index in [9.17, 15) is 13.2 Å². The molecule has 0 spiro atoms. The van der Waals surface area contributed by atoms with Gasteiger partial charge in [-0.05, 0) is 42.5 Å². The van der Waals surface area contributed by atoms with Crippen LogP contribution in [-0.4, -0.2) is 24.3 Å². The minimum absolute atomic E-state index is 0.0727. The number of rotatable bonds is 5. The minimum atomic E-state index is -3.82. The predicted octanol–water partition coefficient (Wildman–Crippen LogP) is 3.53. The number of carbonyl (C=O) groups excluding carboxylic acids is 1. The van der Waals surface area contributed by atoms with E-state index in [1.807, 2.05) is 0 Å². The molecule has 0 aliphatic heterocycles. The molecule has 0 radical (unpaired) electrons. The second-order valence-electron chi connectivity index (χ2n) is 5.17. The first kappa shape index (κ1) is 21.1. The van der Waals surface area contributed by atoms with E-state index in [0.29, 0.717) is 10.7 Å². The van der Waals surface area contributed by atoms with Gasteiger partial charge in [0.25, 0.3) is 5.91 Å². The maximum absolute atomic E-state index is 12.3. The van der Waals surface area contributed by atoms with Crippen molar-refractivity contribution in [2.24, 2.45) is 5.14 Å². The molecule has 2 aromatic carbocycles. The highest BCUT2D eigenvalue weighted by Gasteiger charge is 2.34. The minimum Gasteiger partial charge on any atom is -0.362 e. The van der Waals surface area contributed by atoms with Crippen LogP contribution in [0.3, 0.4) is 0 Å². The van der Waals surface area contributed by atoms with Crippen LogP contribution in [-0.2, 0) is 10.0 Å². The van der Waals surface area contributed by atoms with Crippen molar-refractivity contribution in [2.45, 2.75) is 14.9 Å². The van der Waals surface area contributed by atoms with E-state index in [-0.39, 0.29) is 10.5 Å². The third-order valence-electron chi connectivity index (χ3n) is 3.18. The number of hydrogen-bond donors (Lipinski definition) is 3. The number of anilines is 1. The molecule has 140 valence electrons. The smallest absolute Gasteiger partial charge is 0.253 e. The van der Waals surface area contributed by atoms with E-state index in [0.717, 1.165) is 0 Å². The van der Waals surface area contributed by atoms with Gasteiger partial charge < -0.3 is 10.6 Å². The Bertz CT molecular complexity index is 899. The van der Waals surface area contributed by atoms with Gasteiger partial charge >= 0.3 is 0 Å². The lowest BCUT2D eigenvalue weighted by Crippen LogP contribution is -2.49. The summed E-state index contributed by atoms with van der Waals surface area (Å²) in [5, 5.41) is 10.8. The molecule has 0 saturated carbocycles. The van der Waals surface area contributed by atoms with Crippen LogP contribution in [0.5, 0.6) is 0 Å². The van der Waals surface area contributed by atoms with Crippen molar-refractivity contribution >= 4 is 68.0 Å². The Hall–Kier alpha value is -1.22. The fourth-order valence-electron chi connectivity index (χ4n) is 1.95. The zero-order valence-electron chi connectivity index (χ0n) is 12.9. The third-order valence-corrected chi connectivity index (χ3v) is 5.00. The number of hydrogen-bond acceptors (Lipinski definition) is 4. The number of sulfonamides is 1. The van der Waals surface area contributed by atoms with Gasteiger partial charge in [0.1, 0.15) is 6.17 Å². The molecule has 0 aliphatic carbocycles. The maximum atomic E-state index is 12.3. The van der Waals surface area contributed by atoms with Crippen LogP contribution in [0.15, 0.2) is 53.4 Å². The number of alkyl halides is 3. The Morgan fingerprint density at radius 2 is 1.69 bits per heavy atom. The molecule has 0 aliphatic rings. The summed E-state index contributed by atoms with van der Waals surface area (Å²) >= 11 is 23.6. The van der Waals surface area contributed by atoms with E-state index < -0.39 is 25.9 Å². The quantitative estimate of drug-likeness (QED) is 0.473. The van der Waals surface area contributed by atoms with Crippen molar-refractivity contribution in [1.29, 1.82) is 0 Å². The van der Waals surface area contributed by atoms with Gasteiger partial charge in [0.2, 0.25) is 13.8 Å². The number of amides is 1. The van der Waals surface area contributed by atoms with Gasteiger partial charge in [0.15, 0.2) is 0 Å². The molecule has 0 fully saturated rings. The fraction of sp³-hybridized carbons (Fsp3) is 0.133. The largest absolute Gasteiger partial charge is 0.362 e. The Kier molecular flexibility index (Phi) is 6.65. The Morgan fingerprint density at radius 3 is 2.19 bits per heavy atom. The van der Waals surface area contributed by atoms with Gasteiger partial charge in [-0.3, -0.25) is 4.79 Å². The lowest BCUT2D eigenvalue weighted by molar-refractivity contribution is 0.0942. The van der Waals surface area contributed by atoms with Gasteiger partial charge in [-0.25, -0.2) is 13.6 Å². The third kappa shape index (κ3) is 5.90. The molecule has 2 aromatic rings. The molecule has 0 bridgehead atoms. The summed E-state index contributed by atoms with van der Waals surface area (Å²) in [6.45, 7) is 0. The SMILES string of the molecule is NS(=O)(=O)c1ccc(N[C@H](NC(=O)c2cccc(Cl)c2)C(Cl)(Cl)Cl)cc1. The summed E-state index contributed by atoms with van der Waals surface area (Å²) in [4.78, 5) is 12.3. The van der Waals surface area contributed by atoms with Gasteiger partial charge in [0, 0.05) is 16.3 Å². The molecule has 1 atom stereocenters. The van der Waals surface area contributed by atoms with Gasteiger partial charge in [-0.15, -0.1) is 0 Å². The van der Waals surface area contributed by atoms with Crippen LogP contribution in [0.25, 0.3) is 0 Å². The summed E-state index contributed by atoms with van der Waals surface area (Å²) in [6.07, 6.45) is -1.11. The van der Waals surface area contributed by atoms with E-state index in [1.54, 1.807) is 18.2 Å². The van der Waals surface area contributed by atoms with Crippen molar-refractivity contribution in [3.63, 3.8) is 0 Å². The Labute approximate surface area is 170 Å². The lowest BCUT2D eigenvalue weighted by Gasteiger charge is -2.27. The summed E-state index contributed by atoms with van der Waals surface area (Å²) in [5.41, 5.74) is 0.684. The highest BCUT2D eigenvalue weighted by molar-refractivity contribution is 7.89. The first-order valence-corrected chi connectivity index (χ1v) is 10.1. The molecular formula is C15H13Cl4N3O3S. The van der Waals surface area contributed by atoms with Crippen LogP contribution in [0, 0.1) is 0 Å². The zero-order chi connectivity index (χ0) is 19.5. The van der Waals surface area contributed by atoms with Crippen molar-refractivity contribution < 1.29 is 13.2 Å². The second kappa shape index (κ2) is 8.21. The van der Waals surface area contributed by atoms with E-state index in [2.05, 4.69) is 10.6 Å².